The third-order valence-electron chi connectivity index (χ3n) is 5.52. The minimum absolute atomic E-state index is 0.0523. The predicted octanol–water partition coefficient (Wildman–Crippen LogP) is 5.72. The average molecular weight is 387 g/mol. The minimum Gasteiger partial charge on any atom is -0.494 e. The molecule has 5 rings (SSSR count). The second-order valence-electron chi connectivity index (χ2n) is 7.30. The van der Waals surface area contributed by atoms with Crippen LogP contribution >= 0.6 is 0 Å². The minimum atomic E-state index is -0.222. The quantitative estimate of drug-likeness (QED) is 0.487. The topological polar surface area (TPSA) is 39.1 Å². The van der Waals surface area contributed by atoms with Crippen LogP contribution in [0.4, 0.5) is 10.3 Å². The maximum absolute atomic E-state index is 13.4. The van der Waals surface area contributed by atoms with Gasteiger partial charge >= 0.3 is 0 Å². The highest BCUT2D eigenvalue weighted by atomic mass is 19.1. The summed E-state index contributed by atoms with van der Waals surface area (Å²) in [4.78, 5) is 4.82. The molecule has 0 radical (unpaired) electrons. The van der Waals surface area contributed by atoms with E-state index in [9.17, 15) is 4.39 Å². The Kier molecular flexibility index (Phi) is 4.43. The largest absolute Gasteiger partial charge is 0.494 e. The van der Waals surface area contributed by atoms with Crippen LogP contribution in [0.25, 0.3) is 11.0 Å². The van der Waals surface area contributed by atoms with Crippen molar-refractivity contribution in [3.05, 3.63) is 89.7 Å². The van der Waals surface area contributed by atoms with Gasteiger partial charge in [-0.15, -0.1) is 0 Å². The van der Waals surface area contributed by atoms with Crippen LogP contribution in [0.5, 0.6) is 5.75 Å². The van der Waals surface area contributed by atoms with Gasteiger partial charge < -0.3 is 14.6 Å². The molecule has 2 heterocycles. The Labute approximate surface area is 169 Å². The summed E-state index contributed by atoms with van der Waals surface area (Å²) in [6.45, 7) is 2.63. The van der Waals surface area contributed by atoms with E-state index in [0.717, 1.165) is 34.7 Å². The highest BCUT2D eigenvalue weighted by molar-refractivity contribution is 5.79. The highest BCUT2D eigenvalue weighted by Gasteiger charge is 2.31. The number of nitrogens with one attached hydrogen (secondary N) is 1. The van der Waals surface area contributed by atoms with Crippen LogP contribution in [0.15, 0.2) is 72.8 Å². The summed E-state index contributed by atoms with van der Waals surface area (Å²) in [5.41, 5.74) is 4.32. The first-order valence-electron chi connectivity index (χ1n) is 9.94. The summed E-state index contributed by atoms with van der Waals surface area (Å²) in [7, 11) is 0. The molecule has 1 aliphatic heterocycles. The van der Waals surface area contributed by atoms with E-state index in [2.05, 4.69) is 28.1 Å². The molecule has 2 atom stereocenters. The van der Waals surface area contributed by atoms with Gasteiger partial charge in [0.25, 0.3) is 0 Å². The third kappa shape index (κ3) is 3.23. The molecule has 0 unspecified atom stereocenters. The zero-order valence-electron chi connectivity index (χ0n) is 16.2. The Bertz CT molecular complexity index is 1140. The van der Waals surface area contributed by atoms with Crippen molar-refractivity contribution in [2.75, 3.05) is 11.9 Å². The summed E-state index contributed by atoms with van der Waals surface area (Å²) in [5.74, 6) is 1.49. The molecule has 0 saturated carbocycles. The van der Waals surface area contributed by atoms with Gasteiger partial charge in [-0.05, 0) is 60.9 Å². The molecule has 4 aromatic rings. The van der Waals surface area contributed by atoms with Crippen LogP contribution in [0.3, 0.4) is 0 Å². The molecular formula is C24H22FN3O. The van der Waals surface area contributed by atoms with Gasteiger partial charge in [-0.25, -0.2) is 9.37 Å². The number of hydrogen-bond acceptors (Lipinski definition) is 3. The lowest BCUT2D eigenvalue weighted by molar-refractivity contribution is 0.340. The van der Waals surface area contributed by atoms with Crippen molar-refractivity contribution in [3.63, 3.8) is 0 Å². The van der Waals surface area contributed by atoms with Gasteiger partial charge in [-0.1, -0.05) is 36.4 Å². The molecule has 29 heavy (non-hydrogen) atoms. The Morgan fingerprint density at radius 2 is 1.72 bits per heavy atom. The van der Waals surface area contributed by atoms with Crippen LogP contribution in [0.1, 0.15) is 36.6 Å². The lowest BCUT2D eigenvalue weighted by atomic mass is 9.93. The smallest absolute Gasteiger partial charge is 0.204 e. The van der Waals surface area contributed by atoms with Crippen LogP contribution in [0.2, 0.25) is 0 Å². The molecule has 146 valence electrons. The number of fused-ring (bicyclic) bond motifs is 3. The second-order valence-corrected chi connectivity index (χ2v) is 7.30. The van der Waals surface area contributed by atoms with Crippen molar-refractivity contribution in [3.8, 4) is 5.75 Å². The molecule has 1 aromatic heterocycles. The fraction of sp³-hybridized carbons (Fsp3) is 0.208. The monoisotopic (exact) mass is 387 g/mol. The number of rotatable bonds is 4. The van der Waals surface area contributed by atoms with E-state index in [1.54, 1.807) is 0 Å². The summed E-state index contributed by atoms with van der Waals surface area (Å²) >= 11 is 0. The summed E-state index contributed by atoms with van der Waals surface area (Å²) in [5, 5.41) is 3.56. The molecule has 0 saturated heterocycles. The second kappa shape index (κ2) is 7.24. The molecule has 0 fully saturated rings. The first kappa shape index (κ1) is 17.7. The van der Waals surface area contributed by atoms with E-state index < -0.39 is 0 Å². The number of anilines is 1. The van der Waals surface area contributed by atoms with Crippen LogP contribution in [0, 0.1) is 5.82 Å². The van der Waals surface area contributed by atoms with E-state index in [4.69, 9.17) is 9.72 Å². The van der Waals surface area contributed by atoms with E-state index in [0.29, 0.717) is 6.61 Å². The van der Waals surface area contributed by atoms with Gasteiger partial charge in [-0.3, -0.25) is 0 Å². The van der Waals surface area contributed by atoms with Gasteiger partial charge in [0.15, 0.2) is 0 Å². The molecule has 3 aromatic carbocycles. The first-order valence-corrected chi connectivity index (χ1v) is 9.94. The number of halogens is 1. The van der Waals surface area contributed by atoms with E-state index >= 15 is 0 Å². The molecule has 4 nitrogen and oxygen atoms in total. The van der Waals surface area contributed by atoms with E-state index in [1.807, 2.05) is 49.4 Å². The molecule has 1 aliphatic rings. The van der Waals surface area contributed by atoms with Crippen molar-refractivity contribution >= 4 is 17.0 Å². The van der Waals surface area contributed by atoms with Gasteiger partial charge in [0, 0.05) is 0 Å². The molecule has 0 bridgehead atoms. The van der Waals surface area contributed by atoms with Gasteiger partial charge in [0.1, 0.15) is 11.6 Å². The maximum atomic E-state index is 13.4. The molecule has 0 spiro atoms. The summed E-state index contributed by atoms with van der Waals surface area (Å²) < 4.78 is 21.3. The molecule has 0 aliphatic carbocycles. The Morgan fingerprint density at radius 1 is 1.00 bits per heavy atom. The fourth-order valence-electron chi connectivity index (χ4n) is 4.16. The van der Waals surface area contributed by atoms with Crippen LogP contribution in [-0.4, -0.2) is 16.2 Å². The summed E-state index contributed by atoms with van der Waals surface area (Å²) in [6.07, 6.45) is 0.840. The lowest BCUT2D eigenvalue weighted by Crippen LogP contribution is -2.27. The van der Waals surface area contributed by atoms with Crippen molar-refractivity contribution in [1.82, 2.24) is 9.55 Å². The van der Waals surface area contributed by atoms with Crippen molar-refractivity contribution in [2.45, 2.75) is 25.4 Å². The number of aromatic nitrogens is 2. The Balaban J connectivity index is 1.60. The average Bonchev–Trinajstić information content (AvgIpc) is 3.13. The predicted molar refractivity (Wildman–Crippen MR) is 113 cm³/mol. The molecular weight excluding hydrogens is 365 g/mol. The highest BCUT2D eigenvalue weighted by Crippen LogP contribution is 2.41. The van der Waals surface area contributed by atoms with Crippen LogP contribution in [-0.2, 0) is 0 Å². The zero-order valence-corrected chi connectivity index (χ0v) is 16.2. The number of ether oxygens (including phenoxy) is 1. The molecule has 0 amide bonds. The number of benzene rings is 3. The molecule has 5 heteroatoms. The number of imidazole rings is 1. The van der Waals surface area contributed by atoms with Gasteiger partial charge in [0.05, 0.1) is 29.7 Å². The number of nitrogens with zero attached hydrogens (tertiary/aromatic N) is 2. The van der Waals surface area contributed by atoms with Gasteiger partial charge in [-0.2, -0.15) is 0 Å². The van der Waals surface area contributed by atoms with Crippen LogP contribution < -0.4 is 10.1 Å². The first-order chi connectivity index (χ1) is 14.2. The van der Waals surface area contributed by atoms with Crippen molar-refractivity contribution < 1.29 is 9.13 Å². The third-order valence-corrected chi connectivity index (χ3v) is 5.52. The lowest BCUT2D eigenvalue weighted by Gasteiger charge is -2.33. The number of hydrogen-bond donors (Lipinski definition) is 1. The molecule has 1 N–H and O–H groups in total. The zero-order chi connectivity index (χ0) is 19.8. The Hall–Kier alpha value is -3.34. The maximum Gasteiger partial charge on any atom is 0.204 e. The standard InChI is InChI=1S/C24H22FN3O/c1-2-29-19-13-9-17(10-14-19)23-15-21(16-7-11-18(25)12-8-16)27-24-26-20-5-3-4-6-22(20)28(23)24/h3-14,21,23H,2,15H2,1H3,(H,26,27)/t21-,23+/m0/s1. The van der Waals surface area contributed by atoms with Crippen molar-refractivity contribution in [2.24, 2.45) is 0 Å². The SMILES string of the molecule is CCOc1ccc([C@H]2C[C@@H](c3ccc(F)cc3)Nc3nc4ccccc4n32)cc1. The number of para-hydroxylation sites is 2. The van der Waals surface area contributed by atoms with Gasteiger partial charge in [0.2, 0.25) is 5.95 Å². The van der Waals surface area contributed by atoms with E-state index in [-0.39, 0.29) is 17.9 Å². The normalized spacial score (nSPS) is 18.3. The Morgan fingerprint density at radius 3 is 2.48 bits per heavy atom. The summed E-state index contributed by atoms with van der Waals surface area (Å²) in [6, 6.07) is 23.4. The van der Waals surface area contributed by atoms with Crippen molar-refractivity contribution in [1.29, 1.82) is 0 Å². The fourth-order valence-corrected chi connectivity index (χ4v) is 4.16. The van der Waals surface area contributed by atoms with E-state index in [1.165, 1.54) is 17.7 Å².